The van der Waals surface area contributed by atoms with Crippen LogP contribution in [0.5, 0.6) is 0 Å². The van der Waals surface area contributed by atoms with Crippen LogP contribution in [-0.2, 0) is 0 Å². The van der Waals surface area contributed by atoms with Gasteiger partial charge in [-0.25, -0.2) is 4.98 Å². The topological polar surface area (TPSA) is 46.0 Å². The molecular weight excluding hydrogens is 414 g/mol. The van der Waals surface area contributed by atoms with Crippen molar-refractivity contribution in [1.29, 1.82) is 0 Å². The number of aryl methyl sites for hydroxylation is 2. The van der Waals surface area contributed by atoms with Gasteiger partial charge in [0.15, 0.2) is 5.11 Å². The van der Waals surface area contributed by atoms with Crippen molar-refractivity contribution >= 4 is 23.0 Å². The first-order chi connectivity index (χ1) is 15.5. The highest BCUT2D eigenvalue weighted by atomic mass is 32.1. The van der Waals surface area contributed by atoms with Crippen molar-refractivity contribution in [3.05, 3.63) is 107 Å². The lowest BCUT2D eigenvalue weighted by Crippen LogP contribution is -2.29. The minimum Gasteiger partial charge on any atom is -0.351 e. The Bertz CT molecular complexity index is 1250. The Hall–Kier alpha value is -3.51. The molecule has 0 amide bonds. The Labute approximate surface area is 193 Å². The molecule has 0 saturated carbocycles. The molecule has 1 aliphatic rings. The third-order valence-electron chi connectivity index (χ3n) is 6.05. The Morgan fingerprint density at radius 2 is 1.69 bits per heavy atom. The smallest absolute Gasteiger partial charge is 0.174 e. The van der Waals surface area contributed by atoms with E-state index >= 15 is 0 Å². The first kappa shape index (κ1) is 20.4. The van der Waals surface area contributed by atoms with E-state index < -0.39 is 0 Å². The van der Waals surface area contributed by atoms with Gasteiger partial charge in [0.1, 0.15) is 5.82 Å². The Balaban J connectivity index is 1.67. The number of thiocarbonyl (C=S) groups is 1. The summed E-state index contributed by atoms with van der Waals surface area (Å²) < 4.78 is 2.22. The second-order valence-corrected chi connectivity index (χ2v) is 8.57. The number of hydrogen-bond acceptors (Lipinski definition) is 3. The van der Waals surface area contributed by atoms with Gasteiger partial charge in [-0.2, -0.15) is 0 Å². The van der Waals surface area contributed by atoms with Gasteiger partial charge in [0.05, 0.1) is 17.8 Å². The summed E-state index contributed by atoms with van der Waals surface area (Å²) in [5.74, 6) is 0.922. The highest BCUT2D eigenvalue weighted by Crippen LogP contribution is 2.43. The SMILES string of the molecule is Cc1ccc(-n2c(C)cc([C@H]3[C@H](c4ccccn4)NC(=S)N3c3ccccc3)c2C)nc1. The predicted molar refractivity (Wildman–Crippen MR) is 132 cm³/mol. The van der Waals surface area contributed by atoms with E-state index in [1.54, 1.807) is 0 Å². The zero-order chi connectivity index (χ0) is 22.2. The average Bonchev–Trinajstić information content (AvgIpc) is 3.31. The minimum atomic E-state index is -0.0659. The summed E-state index contributed by atoms with van der Waals surface area (Å²) in [5.41, 5.74) is 6.67. The van der Waals surface area contributed by atoms with E-state index in [0.29, 0.717) is 5.11 Å². The van der Waals surface area contributed by atoms with Gasteiger partial charge >= 0.3 is 0 Å². The van der Waals surface area contributed by atoms with Crippen molar-refractivity contribution in [2.24, 2.45) is 0 Å². The van der Waals surface area contributed by atoms with E-state index in [-0.39, 0.29) is 12.1 Å². The van der Waals surface area contributed by atoms with Crippen molar-refractivity contribution in [2.75, 3.05) is 4.90 Å². The molecule has 5 nitrogen and oxygen atoms in total. The van der Waals surface area contributed by atoms with Crippen molar-refractivity contribution < 1.29 is 0 Å². The van der Waals surface area contributed by atoms with E-state index in [2.05, 4.69) is 81.9 Å². The summed E-state index contributed by atoms with van der Waals surface area (Å²) in [5, 5.41) is 4.24. The summed E-state index contributed by atoms with van der Waals surface area (Å²) in [6, 6.07) is 22.7. The number of rotatable bonds is 4. The van der Waals surface area contributed by atoms with Crippen LogP contribution >= 0.6 is 12.2 Å². The van der Waals surface area contributed by atoms with Gasteiger partial charge in [-0.05, 0) is 80.5 Å². The second kappa shape index (κ2) is 8.20. The zero-order valence-corrected chi connectivity index (χ0v) is 19.2. The van der Waals surface area contributed by atoms with Crippen molar-refractivity contribution in [1.82, 2.24) is 19.9 Å². The van der Waals surface area contributed by atoms with Gasteiger partial charge in [-0.1, -0.05) is 30.3 Å². The molecule has 0 aliphatic carbocycles. The van der Waals surface area contributed by atoms with Crippen LogP contribution < -0.4 is 10.2 Å². The first-order valence-corrected chi connectivity index (χ1v) is 11.1. The van der Waals surface area contributed by atoms with Crippen molar-refractivity contribution in [2.45, 2.75) is 32.9 Å². The third-order valence-corrected chi connectivity index (χ3v) is 6.36. The summed E-state index contributed by atoms with van der Waals surface area (Å²) in [7, 11) is 0. The van der Waals surface area contributed by atoms with Crippen LogP contribution in [0.2, 0.25) is 0 Å². The fourth-order valence-corrected chi connectivity index (χ4v) is 4.92. The number of benzene rings is 1. The number of nitrogens with one attached hydrogen (secondary N) is 1. The monoisotopic (exact) mass is 439 g/mol. The van der Waals surface area contributed by atoms with Crippen LogP contribution in [-0.4, -0.2) is 19.6 Å². The lowest BCUT2D eigenvalue weighted by atomic mass is 9.96. The minimum absolute atomic E-state index is 0.0369. The molecule has 6 heteroatoms. The molecule has 0 radical (unpaired) electrons. The van der Waals surface area contributed by atoms with E-state index in [1.165, 1.54) is 5.56 Å². The molecule has 5 rings (SSSR count). The average molecular weight is 440 g/mol. The van der Waals surface area contributed by atoms with E-state index in [4.69, 9.17) is 12.2 Å². The standard InChI is InChI=1S/C26H25N5S/c1-17-12-13-23(28-16-17)30-18(2)15-21(19(30)3)25-24(22-11-7-8-14-27-22)29-26(32)31(25)20-9-5-4-6-10-20/h4-16,24-25H,1-3H3,(H,29,32)/t24-,25-/m0/s1. The van der Waals surface area contributed by atoms with Crippen molar-refractivity contribution in [3.63, 3.8) is 0 Å². The summed E-state index contributed by atoms with van der Waals surface area (Å²) in [6.07, 6.45) is 3.74. The fraction of sp³-hybridized carbons (Fsp3) is 0.192. The molecule has 0 spiro atoms. The molecule has 160 valence electrons. The van der Waals surface area contributed by atoms with Gasteiger partial charge in [-0.3, -0.25) is 4.98 Å². The highest BCUT2D eigenvalue weighted by Gasteiger charge is 2.42. The lowest BCUT2D eigenvalue weighted by molar-refractivity contribution is 0.565. The lowest BCUT2D eigenvalue weighted by Gasteiger charge is -2.28. The van der Waals surface area contributed by atoms with Crippen LogP contribution in [0, 0.1) is 20.8 Å². The van der Waals surface area contributed by atoms with Crippen LogP contribution in [0.1, 0.15) is 40.3 Å². The first-order valence-electron chi connectivity index (χ1n) is 10.7. The maximum atomic E-state index is 5.84. The highest BCUT2D eigenvalue weighted by molar-refractivity contribution is 7.80. The molecule has 1 fully saturated rings. The van der Waals surface area contributed by atoms with Crippen molar-refractivity contribution in [3.8, 4) is 5.82 Å². The van der Waals surface area contributed by atoms with Crippen LogP contribution in [0.15, 0.2) is 79.1 Å². The molecule has 0 unspecified atom stereocenters. The van der Waals surface area contributed by atoms with E-state index in [1.807, 2.05) is 42.7 Å². The molecule has 4 heterocycles. The summed E-state index contributed by atoms with van der Waals surface area (Å²) >= 11 is 5.84. The van der Waals surface area contributed by atoms with Gasteiger partial charge in [0.2, 0.25) is 0 Å². The van der Waals surface area contributed by atoms with Gasteiger partial charge < -0.3 is 14.8 Å². The van der Waals surface area contributed by atoms with Crippen LogP contribution in [0.4, 0.5) is 5.69 Å². The zero-order valence-electron chi connectivity index (χ0n) is 18.4. The Morgan fingerprint density at radius 1 is 0.906 bits per heavy atom. The van der Waals surface area contributed by atoms with Gasteiger partial charge in [0.25, 0.3) is 0 Å². The number of aromatic nitrogens is 3. The molecule has 1 aromatic carbocycles. The predicted octanol–water partition coefficient (Wildman–Crippen LogP) is 5.37. The van der Waals surface area contributed by atoms with Crippen LogP contribution in [0.3, 0.4) is 0 Å². The van der Waals surface area contributed by atoms with E-state index in [9.17, 15) is 0 Å². The molecule has 32 heavy (non-hydrogen) atoms. The summed E-state index contributed by atoms with van der Waals surface area (Å²) in [6.45, 7) is 6.34. The largest absolute Gasteiger partial charge is 0.351 e. The molecule has 1 aliphatic heterocycles. The fourth-order valence-electron chi connectivity index (χ4n) is 4.57. The number of pyridine rings is 2. The molecule has 0 bridgehead atoms. The number of hydrogen-bond donors (Lipinski definition) is 1. The molecular formula is C26H25N5S. The maximum Gasteiger partial charge on any atom is 0.174 e. The Kier molecular flexibility index (Phi) is 5.23. The third kappa shape index (κ3) is 3.46. The van der Waals surface area contributed by atoms with Gasteiger partial charge in [-0.15, -0.1) is 0 Å². The quantitative estimate of drug-likeness (QED) is 0.433. The van der Waals surface area contributed by atoms with Gasteiger partial charge in [0, 0.05) is 29.5 Å². The molecule has 3 aromatic heterocycles. The molecule has 1 N–H and O–H groups in total. The number of nitrogens with zero attached hydrogens (tertiary/aromatic N) is 4. The Morgan fingerprint density at radius 3 is 2.38 bits per heavy atom. The molecule has 4 aromatic rings. The second-order valence-electron chi connectivity index (χ2n) is 8.19. The normalized spacial score (nSPS) is 18.1. The van der Waals surface area contributed by atoms with Crippen LogP contribution in [0.25, 0.3) is 5.82 Å². The van der Waals surface area contributed by atoms with E-state index in [0.717, 1.165) is 34.2 Å². The molecule has 1 saturated heterocycles. The maximum absolute atomic E-state index is 5.84. The molecule has 2 atom stereocenters. The number of anilines is 1. The summed E-state index contributed by atoms with van der Waals surface area (Å²) in [4.78, 5) is 11.5. The number of para-hydroxylation sites is 1.